The summed E-state index contributed by atoms with van der Waals surface area (Å²) in [4.78, 5) is 26.5. The Morgan fingerprint density at radius 3 is 2.43 bits per heavy atom. The molecule has 1 saturated heterocycles. The predicted molar refractivity (Wildman–Crippen MR) is 103 cm³/mol. The first-order valence-electron chi connectivity index (χ1n) is 9.07. The van der Waals surface area contributed by atoms with Crippen LogP contribution in [0.2, 0.25) is 0 Å². The molecule has 1 aliphatic rings. The molecule has 8 heteroatoms. The summed E-state index contributed by atoms with van der Waals surface area (Å²) in [6.45, 7) is 1.83. The standard InChI is InChI=1S/C20H19FN4O3/c21-15-5-3-14(4-6-15)19-23-25(20(27)28-19)13-18(26)22-16-7-9-17(10-8-16)24-11-1-2-12-24/h3-10H,1-2,11-13H2,(H,22,26). The van der Waals surface area contributed by atoms with Crippen molar-refractivity contribution in [1.82, 2.24) is 9.78 Å². The van der Waals surface area contributed by atoms with Crippen molar-refractivity contribution in [1.29, 1.82) is 0 Å². The summed E-state index contributed by atoms with van der Waals surface area (Å²) in [5, 5.41) is 6.75. The fourth-order valence-electron chi connectivity index (χ4n) is 3.18. The van der Waals surface area contributed by atoms with Crippen molar-refractivity contribution in [2.24, 2.45) is 0 Å². The van der Waals surface area contributed by atoms with Gasteiger partial charge in [0, 0.05) is 30.0 Å². The van der Waals surface area contributed by atoms with Crippen LogP contribution in [0.25, 0.3) is 11.5 Å². The topological polar surface area (TPSA) is 80.4 Å². The lowest BCUT2D eigenvalue weighted by Crippen LogP contribution is -2.25. The zero-order valence-corrected chi connectivity index (χ0v) is 15.1. The van der Waals surface area contributed by atoms with Crippen LogP contribution in [0.3, 0.4) is 0 Å². The molecule has 0 saturated carbocycles. The highest BCUT2D eigenvalue weighted by molar-refractivity contribution is 5.90. The molecule has 0 unspecified atom stereocenters. The van der Waals surface area contributed by atoms with Gasteiger partial charge in [0.05, 0.1) is 0 Å². The molecule has 0 atom stereocenters. The van der Waals surface area contributed by atoms with E-state index in [0.717, 1.165) is 23.5 Å². The Balaban J connectivity index is 1.41. The summed E-state index contributed by atoms with van der Waals surface area (Å²) in [5.41, 5.74) is 2.23. The number of hydrogen-bond acceptors (Lipinski definition) is 5. The Kier molecular flexibility index (Phi) is 4.92. The molecule has 1 N–H and O–H groups in total. The van der Waals surface area contributed by atoms with Crippen molar-refractivity contribution in [2.75, 3.05) is 23.3 Å². The second-order valence-corrected chi connectivity index (χ2v) is 6.63. The minimum absolute atomic E-state index is 0.0350. The van der Waals surface area contributed by atoms with Crippen molar-refractivity contribution in [3.05, 3.63) is 64.9 Å². The molecular formula is C20H19FN4O3. The van der Waals surface area contributed by atoms with Crippen molar-refractivity contribution in [2.45, 2.75) is 19.4 Å². The second kappa shape index (κ2) is 7.67. The average molecular weight is 382 g/mol. The minimum Gasteiger partial charge on any atom is -0.388 e. The van der Waals surface area contributed by atoms with E-state index in [2.05, 4.69) is 15.3 Å². The van der Waals surface area contributed by atoms with Gasteiger partial charge in [-0.2, -0.15) is 4.68 Å². The number of nitrogens with zero attached hydrogens (tertiary/aromatic N) is 3. The molecule has 1 aromatic heterocycles. The molecule has 4 rings (SSSR count). The summed E-state index contributed by atoms with van der Waals surface area (Å²) < 4.78 is 19.0. The van der Waals surface area contributed by atoms with Gasteiger partial charge < -0.3 is 14.6 Å². The maximum absolute atomic E-state index is 13.0. The third-order valence-electron chi connectivity index (χ3n) is 4.61. The molecule has 0 spiro atoms. The van der Waals surface area contributed by atoms with Gasteiger partial charge >= 0.3 is 5.76 Å². The number of aromatic nitrogens is 2. The summed E-state index contributed by atoms with van der Waals surface area (Å²) in [7, 11) is 0. The molecule has 3 aromatic rings. The molecule has 2 aromatic carbocycles. The average Bonchev–Trinajstić information content (AvgIpc) is 3.34. The van der Waals surface area contributed by atoms with Crippen LogP contribution in [0.4, 0.5) is 15.8 Å². The Morgan fingerprint density at radius 1 is 1.07 bits per heavy atom. The summed E-state index contributed by atoms with van der Waals surface area (Å²) >= 11 is 0. The molecule has 7 nitrogen and oxygen atoms in total. The lowest BCUT2D eigenvalue weighted by atomic mass is 10.2. The van der Waals surface area contributed by atoms with Crippen LogP contribution < -0.4 is 16.0 Å². The highest BCUT2D eigenvalue weighted by atomic mass is 19.1. The van der Waals surface area contributed by atoms with Crippen LogP contribution in [0.5, 0.6) is 0 Å². The molecule has 1 aliphatic heterocycles. The highest BCUT2D eigenvalue weighted by Gasteiger charge is 2.15. The predicted octanol–water partition coefficient (Wildman–Crippen LogP) is 2.88. The molecule has 0 bridgehead atoms. The van der Waals surface area contributed by atoms with Crippen LogP contribution >= 0.6 is 0 Å². The largest absolute Gasteiger partial charge is 0.437 e. The van der Waals surface area contributed by atoms with Crippen LogP contribution in [0.15, 0.2) is 57.7 Å². The van der Waals surface area contributed by atoms with Gasteiger partial charge in [-0.05, 0) is 61.4 Å². The van der Waals surface area contributed by atoms with E-state index in [1.807, 2.05) is 24.3 Å². The number of anilines is 2. The van der Waals surface area contributed by atoms with Crippen LogP contribution in [-0.4, -0.2) is 28.8 Å². The second-order valence-electron chi connectivity index (χ2n) is 6.63. The third kappa shape index (κ3) is 3.95. The van der Waals surface area contributed by atoms with E-state index >= 15 is 0 Å². The number of carbonyl (C=O) groups excluding carboxylic acids is 1. The SMILES string of the molecule is O=C(Cn1nc(-c2ccc(F)cc2)oc1=O)Nc1ccc(N2CCCC2)cc1. The maximum atomic E-state index is 13.0. The molecule has 1 fully saturated rings. The highest BCUT2D eigenvalue weighted by Crippen LogP contribution is 2.22. The normalized spacial score (nSPS) is 13.7. The molecule has 1 amide bonds. The number of hydrogen-bond donors (Lipinski definition) is 1. The van der Waals surface area contributed by atoms with Gasteiger partial charge in [-0.1, -0.05) is 0 Å². The summed E-state index contributed by atoms with van der Waals surface area (Å²) in [6.07, 6.45) is 2.40. The molecule has 0 radical (unpaired) electrons. The molecule has 144 valence electrons. The Hall–Kier alpha value is -3.42. The van der Waals surface area contributed by atoms with Gasteiger partial charge in [-0.3, -0.25) is 4.79 Å². The molecule has 2 heterocycles. The van der Waals surface area contributed by atoms with Crippen molar-refractivity contribution >= 4 is 17.3 Å². The van der Waals surface area contributed by atoms with Crippen molar-refractivity contribution in [3.63, 3.8) is 0 Å². The number of rotatable bonds is 5. The number of nitrogens with one attached hydrogen (secondary N) is 1. The quantitative estimate of drug-likeness (QED) is 0.734. The van der Waals surface area contributed by atoms with E-state index in [-0.39, 0.29) is 12.4 Å². The Labute approximate surface area is 160 Å². The van der Waals surface area contributed by atoms with Gasteiger partial charge in [0.15, 0.2) is 0 Å². The fourth-order valence-corrected chi connectivity index (χ4v) is 3.18. The Morgan fingerprint density at radius 2 is 1.75 bits per heavy atom. The zero-order valence-electron chi connectivity index (χ0n) is 15.1. The zero-order chi connectivity index (χ0) is 19.5. The van der Waals surface area contributed by atoms with Gasteiger partial charge in [0.2, 0.25) is 11.8 Å². The van der Waals surface area contributed by atoms with Crippen molar-refractivity contribution in [3.8, 4) is 11.5 Å². The van der Waals surface area contributed by atoms with Gasteiger partial charge in [-0.25, -0.2) is 9.18 Å². The van der Waals surface area contributed by atoms with Crippen LogP contribution in [-0.2, 0) is 11.3 Å². The van der Waals surface area contributed by atoms with Gasteiger partial charge in [-0.15, -0.1) is 5.10 Å². The minimum atomic E-state index is -0.751. The number of carbonyl (C=O) groups is 1. The monoisotopic (exact) mass is 382 g/mol. The first kappa shape index (κ1) is 18.0. The maximum Gasteiger partial charge on any atom is 0.437 e. The van der Waals surface area contributed by atoms with Crippen LogP contribution in [0, 0.1) is 5.82 Å². The summed E-state index contributed by atoms with van der Waals surface area (Å²) in [6, 6.07) is 13.0. The molecule has 0 aliphatic carbocycles. The first-order valence-corrected chi connectivity index (χ1v) is 9.07. The molecular weight excluding hydrogens is 363 g/mol. The smallest absolute Gasteiger partial charge is 0.388 e. The summed E-state index contributed by atoms with van der Waals surface area (Å²) in [5.74, 6) is -1.51. The number of halogens is 1. The number of amides is 1. The van der Waals surface area contributed by atoms with Gasteiger partial charge in [0.1, 0.15) is 12.4 Å². The van der Waals surface area contributed by atoms with Gasteiger partial charge in [0.25, 0.3) is 0 Å². The van der Waals surface area contributed by atoms with E-state index in [0.29, 0.717) is 11.3 Å². The van der Waals surface area contributed by atoms with Crippen molar-refractivity contribution < 1.29 is 13.6 Å². The number of benzene rings is 2. The third-order valence-corrected chi connectivity index (χ3v) is 4.61. The van der Waals surface area contributed by atoms with E-state index < -0.39 is 17.5 Å². The van der Waals surface area contributed by atoms with E-state index in [1.165, 1.54) is 37.1 Å². The van der Waals surface area contributed by atoms with E-state index in [9.17, 15) is 14.0 Å². The Bertz CT molecular complexity index is 1020. The van der Waals surface area contributed by atoms with Crippen LogP contribution in [0.1, 0.15) is 12.8 Å². The molecule has 28 heavy (non-hydrogen) atoms. The fraction of sp³-hybridized carbons (Fsp3) is 0.250. The first-order chi connectivity index (χ1) is 13.6. The lowest BCUT2D eigenvalue weighted by Gasteiger charge is -2.17. The van der Waals surface area contributed by atoms with E-state index in [4.69, 9.17) is 4.42 Å². The van der Waals surface area contributed by atoms with E-state index in [1.54, 1.807) is 0 Å². The lowest BCUT2D eigenvalue weighted by molar-refractivity contribution is -0.117.